The zero-order valence-corrected chi connectivity index (χ0v) is 16.7. The van der Waals surface area contributed by atoms with E-state index < -0.39 is 0 Å². The molecule has 0 bridgehead atoms. The molecule has 2 aromatic rings. The molecule has 0 amide bonds. The maximum Gasteiger partial charge on any atom is 0.175 e. The molecule has 1 atom stereocenters. The molecule has 2 rings (SSSR count). The van der Waals surface area contributed by atoms with E-state index in [2.05, 4.69) is 21.2 Å². The minimum absolute atomic E-state index is 0.378. The summed E-state index contributed by atoms with van der Waals surface area (Å²) in [4.78, 5) is 0. The number of hydrogen-bond donors (Lipinski definition) is 2. The van der Waals surface area contributed by atoms with Gasteiger partial charge < -0.3 is 19.9 Å². The van der Waals surface area contributed by atoms with Gasteiger partial charge in [-0.15, -0.1) is 0 Å². The van der Waals surface area contributed by atoms with Gasteiger partial charge in [-0.25, -0.2) is 0 Å². The topological polar surface area (TPSA) is 50.7 Å². The van der Waals surface area contributed by atoms with E-state index in [1.54, 1.807) is 6.92 Å². The van der Waals surface area contributed by atoms with Crippen LogP contribution in [0.3, 0.4) is 0 Å². The lowest BCUT2D eigenvalue weighted by Crippen LogP contribution is -2.23. The fourth-order valence-corrected chi connectivity index (χ4v) is 3.02. The lowest BCUT2D eigenvalue weighted by Gasteiger charge is -2.16. The van der Waals surface area contributed by atoms with Crippen molar-refractivity contribution < 1.29 is 14.6 Å². The predicted molar refractivity (Wildman–Crippen MR) is 104 cm³/mol. The van der Waals surface area contributed by atoms with Gasteiger partial charge in [0.05, 0.1) is 17.2 Å². The number of halogens is 2. The van der Waals surface area contributed by atoms with Crippen LogP contribution < -0.4 is 14.8 Å². The Labute approximate surface area is 162 Å². The fraction of sp³-hybridized carbons (Fsp3) is 0.368. The van der Waals surface area contributed by atoms with Crippen LogP contribution in [0, 0.1) is 0 Å². The van der Waals surface area contributed by atoms with Crippen molar-refractivity contribution in [1.29, 1.82) is 0 Å². The minimum atomic E-state index is -0.378. The van der Waals surface area contributed by atoms with Gasteiger partial charge >= 0.3 is 0 Å². The van der Waals surface area contributed by atoms with Crippen LogP contribution in [0.25, 0.3) is 0 Å². The highest BCUT2D eigenvalue weighted by Crippen LogP contribution is 2.37. The molecule has 0 unspecified atom stereocenters. The smallest absolute Gasteiger partial charge is 0.175 e. The number of rotatable bonds is 9. The van der Waals surface area contributed by atoms with E-state index in [4.69, 9.17) is 21.1 Å². The van der Waals surface area contributed by atoms with Gasteiger partial charge in [-0.3, -0.25) is 0 Å². The molecular formula is C19H23BrClNO3. The van der Waals surface area contributed by atoms with E-state index in [0.29, 0.717) is 42.8 Å². The fourth-order valence-electron chi connectivity index (χ4n) is 2.29. The highest BCUT2D eigenvalue weighted by Gasteiger charge is 2.13. The number of nitrogens with one attached hydrogen (secondary N) is 1. The molecule has 0 heterocycles. The molecular weight excluding hydrogens is 406 g/mol. The quantitative estimate of drug-likeness (QED) is 0.615. The molecule has 0 fully saturated rings. The van der Waals surface area contributed by atoms with Gasteiger partial charge in [0, 0.05) is 18.1 Å². The van der Waals surface area contributed by atoms with Crippen LogP contribution in [-0.4, -0.2) is 24.4 Å². The van der Waals surface area contributed by atoms with E-state index in [9.17, 15) is 5.11 Å². The number of aliphatic hydroxyl groups excluding tert-OH is 1. The van der Waals surface area contributed by atoms with Crippen molar-refractivity contribution >= 4 is 27.5 Å². The number of ether oxygens (including phenoxy) is 2. The Morgan fingerprint density at radius 1 is 1.16 bits per heavy atom. The third kappa shape index (κ3) is 6.51. The van der Waals surface area contributed by atoms with Gasteiger partial charge in [0.15, 0.2) is 11.5 Å². The molecule has 0 aromatic heterocycles. The summed E-state index contributed by atoms with van der Waals surface area (Å²) in [6.07, 6.45) is -0.378. The molecule has 0 aliphatic carbocycles. The normalized spacial score (nSPS) is 12.0. The first-order valence-corrected chi connectivity index (χ1v) is 9.38. The first-order chi connectivity index (χ1) is 12.0. The van der Waals surface area contributed by atoms with Gasteiger partial charge in [0.25, 0.3) is 0 Å². The third-order valence-corrected chi connectivity index (χ3v) is 4.28. The summed E-state index contributed by atoms with van der Waals surface area (Å²) in [7, 11) is 0. The summed E-state index contributed by atoms with van der Waals surface area (Å²) in [6.45, 7) is 5.85. The SMILES string of the molecule is CCOc1cc(CNC[C@H](C)O)cc(Br)c1OCc1ccc(Cl)cc1. The van der Waals surface area contributed by atoms with Crippen LogP contribution in [0.15, 0.2) is 40.9 Å². The van der Waals surface area contributed by atoms with Crippen molar-refractivity contribution in [3.05, 3.63) is 57.0 Å². The van der Waals surface area contributed by atoms with Crippen LogP contribution in [0.4, 0.5) is 0 Å². The number of benzene rings is 2. The largest absolute Gasteiger partial charge is 0.490 e. The van der Waals surface area contributed by atoms with Crippen LogP contribution in [0.2, 0.25) is 5.02 Å². The minimum Gasteiger partial charge on any atom is -0.490 e. The van der Waals surface area contributed by atoms with Crippen LogP contribution in [-0.2, 0) is 13.2 Å². The molecule has 0 saturated heterocycles. The van der Waals surface area contributed by atoms with E-state index in [1.807, 2.05) is 43.3 Å². The van der Waals surface area contributed by atoms with Crippen LogP contribution in [0.5, 0.6) is 11.5 Å². The lowest BCUT2D eigenvalue weighted by molar-refractivity contribution is 0.191. The number of hydrogen-bond acceptors (Lipinski definition) is 4. The van der Waals surface area contributed by atoms with Gasteiger partial charge in [0.2, 0.25) is 0 Å². The second kappa shape index (κ2) is 10.0. The highest BCUT2D eigenvalue weighted by molar-refractivity contribution is 9.10. The standard InChI is InChI=1S/C19H23BrClNO3/c1-3-24-18-9-15(11-22-10-13(2)23)8-17(20)19(18)25-12-14-4-6-16(21)7-5-14/h4-9,13,22-23H,3,10-12H2,1-2H3/t13-/m0/s1. The molecule has 25 heavy (non-hydrogen) atoms. The molecule has 136 valence electrons. The number of aliphatic hydroxyl groups is 1. The Morgan fingerprint density at radius 3 is 2.52 bits per heavy atom. The first kappa shape index (κ1) is 20.0. The summed E-state index contributed by atoms with van der Waals surface area (Å²) >= 11 is 9.48. The summed E-state index contributed by atoms with van der Waals surface area (Å²) < 4.78 is 12.5. The van der Waals surface area contributed by atoms with Gasteiger partial charge in [0.1, 0.15) is 6.61 Å². The average molecular weight is 429 g/mol. The van der Waals surface area contributed by atoms with Crippen molar-refractivity contribution in [2.24, 2.45) is 0 Å². The van der Waals surface area contributed by atoms with Crippen LogP contribution in [0.1, 0.15) is 25.0 Å². The highest BCUT2D eigenvalue weighted by atomic mass is 79.9. The maximum absolute atomic E-state index is 9.34. The van der Waals surface area contributed by atoms with Crippen molar-refractivity contribution in [2.75, 3.05) is 13.2 Å². The summed E-state index contributed by atoms with van der Waals surface area (Å²) in [5, 5.41) is 13.2. The molecule has 0 saturated carbocycles. The summed E-state index contributed by atoms with van der Waals surface area (Å²) in [5.41, 5.74) is 2.08. The summed E-state index contributed by atoms with van der Waals surface area (Å²) in [6, 6.07) is 11.5. The Morgan fingerprint density at radius 2 is 1.88 bits per heavy atom. The van der Waals surface area contributed by atoms with Gasteiger partial charge in [-0.05, 0) is 65.2 Å². The second-order valence-corrected chi connectivity index (χ2v) is 7.02. The Balaban J connectivity index is 2.11. The average Bonchev–Trinajstić information content (AvgIpc) is 2.55. The molecule has 0 aliphatic rings. The maximum atomic E-state index is 9.34. The van der Waals surface area contributed by atoms with Gasteiger partial charge in [-0.2, -0.15) is 0 Å². The zero-order chi connectivity index (χ0) is 18.2. The van der Waals surface area contributed by atoms with E-state index in [-0.39, 0.29) is 6.10 Å². The van der Waals surface area contributed by atoms with E-state index in [0.717, 1.165) is 15.6 Å². The monoisotopic (exact) mass is 427 g/mol. The molecule has 0 aliphatic heterocycles. The van der Waals surface area contributed by atoms with Crippen molar-refractivity contribution in [2.45, 2.75) is 33.1 Å². The van der Waals surface area contributed by atoms with Crippen LogP contribution >= 0.6 is 27.5 Å². The third-order valence-electron chi connectivity index (χ3n) is 3.43. The zero-order valence-electron chi connectivity index (χ0n) is 14.4. The Hall–Kier alpha value is -1.27. The Bertz CT molecular complexity index is 677. The molecule has 2 N–H and O–H groups in total. The second-order valence-electron chi connectivity index (χ2n) is 5.73. The molecule has 2 aromatic carbocycles. The first-order valence-electron chi connectivity index (χ1n) is 8.20. The molecule has 6 heteroatoms. The summed E-state index contributed by atoms with van der Waals surface area (Å²) in [5.74, 6) is 1.37. The van der Waals surface area contributed by atoms with Crippen molar-refractivity contribution in [3.63, 3.8) is 0 Å². The molecule has 0 spiro atoms. The van der Waals surface area contributed by atoms with E-state index in [1.165, 1.54) is 0 Å². The van der Waals surface area contributed by atoms with Crippen molar-refractivity contribution in [3.8, 4) is 11.5 Å². The van der Waals surface area contributed by atoms with Crippen molar-refractivity contribution in [1.82, 2.24) is 5.32 Å². The predicted octanol–water partition coefficient (Wildman–Crippen LogP) is 4.55. The lowest BCUT2D eigenvalue weighted by atomic mass is 10.2. The van der Waals surface area contributed by atoms with E-state index >= 15 is 0 Å². The molecule has 0 radical (unpaired) electrons. The Kier molecular flexibility index (Phi) is 8.03. The van der Waals surface area contributed by atoms with Gasteiger partial charge in [-0.1, -0.05) is 23.7 Å². The molecule has 4 nitrogen and oxygen atoms in total.